The molecule has 0 saturated carbocycles. The summed E-state index contributed by atoms with van der Waals surface area (Å²) < 4.78 is 10.6. The number of amides is 2. The molecule has 0 aromatic heterocycles. The van der Waals surface area contributed by atoms with E-state index in [1.807, 2.05) is 32.9 Å². The summed E-state index contributed by atoms with van der Waals surface area (Å²) in [5, 5.41) is 2.85. The lowest BCUT2D eigenvalue weighted by Crippen LogP contribution is -2.33. The first-order chi connectivity index (χ1) is 14.7. The maximum absolute atomic E-state index is 12.6. The van der Waals surface area contributed by atoms with E-state index < -0.39 is 23.9 Å². The molecule has 2 unspecified atom stereocenters. The van der Waals surface area contributed by atoms with Crippen LogP contribution in [0.5, 0.6) is 5.75 Å². The van der Waals surface area contributed by atoms with Crippen LogP contribution in [0.25, 0.3) is 0 Å². The van der Waals surface area contributed by atoms with Crippen LogP contribution < -0.4 is 15.0 Å². The van der Waals surface area contributed by atoms with Crippen LogP contribution in [0.2, 0.25) is 0 Å². The third-order valence-corrected chi connectivity index (χ3v) is 5.41. The second kappa shape index (κ2) is 9.20. The number of carbonyl (C=O) groups is 3. The second-order valence-corrected chi connectivity index (χ2v) is 7.95. The summed E-state index contributed by atoms with van der Waals surface area (Å²) in [4.78, 5) is 39.2. The number of benzene rings is 2. The van der Waals surface area contributed by atoms with Gasteiger partial charge in [-0.3, -0.25) is 14.4 Å². The van der Waals surface area contributed by atoms with Gasteiger partial charge in [0.2, 0.25) is 5.91 Å². The average molecular weight is 424 g/mol. The summed E-state index contributed by atoms with van der Waals surface area (Å²) in [7, 11) is 1.55. The number of rotatable bonds is 6. The van der Waals surface area contributed by atoms with Gasteiger partial charge in [0.15, 0.2) is 6.10 Å². The number of anilines is 2. The molecular formula is C24H28N2O5. The predicted molar refractivity (Wildman–Crippen MR) is 118 cm³/mol. The van der Waals surface area contributed by atoms with Crippen LogP contribution in [0.4, 0.5) is 11.4 Å². The van der Waals surface area contributed by atoms with Crippen molar-refractivity contribution in [3.63, 3.8) is 0 Å². The Labute approximate surface area is 182 Å². The van der Waals surface area contributed by atoms with Gasteiger partial charge in [0.1, 0.15) is 5.75 Å². The monoisotopic (exact) mass is 424 g/mol. The largest absolute Gasteiger partial charge is 0.497 e. The topological polar surface area (TPSA) is 84.9 Å². The first-order valence-corrected chi connectivity index (χ1v) is 10.2. The predicted octanol–water partition coefficient (Wildman–Crippen LogP) is 3.54. The van der Waals surface area contributed by atoms with Crippen molar-refractivity contribution in [3.8, 4) is 5.75 Å². The zero-order valence-corrected chi connectivity index (χ0v) is 18.5. The molecule has 0 aliphatic carbocycles. The van der Waals surface area contributed by atoms with Crippen LogP contribution in [0.1, 0.15) is 30.0 Å². The molecule has 164 valence electrons. The van der Waals surface area contributed by atoms with Crippen molar-refractivity contribution < 1.29 is 23.9 Å². The Morgan fingerprint density at radius 2 is 1.81 bits per heavy atom. The van der Waals surface area contributed by atoms with Gasteiger partial charge < -0.3 is 19.7 Å². The summed E-state index contributed by atoms with van der Waals surface area (Å²) in [6, 6.07) is 11.1. The molecule has 0 radical (unpaired) electrons. The Kier molecular flexibility index (Phi) is 6.63. The molecule has 2 amide bonds. The SMILES string of the molecule is COc1cccc(N2CC(C(=O)OC(C)C(=O)Nc3c(C)cc(C)cc3C)CC2=O)c1. The fourth-order valence-corrected chi connectivity index (χ4v) is 3.82. The van der Waals surface area contributed by atoms with E-state index in [-0.39, 0.29) is 18.9 Å². The summed E-state index contributed by atoms with van der Waals surface area (Å²) in [6.07, 6.45) is -0.936. The van der Waals surface area contributed by atoms with Crippen LogP contribution in [-0.2, 0) is 19.1 Å². The Morgan fingerprint density at radius 3 is 2.45 bits per heavy atom. The Balaban J connectivity index is 1.62. The van der Waals surface area contributed by atoms with Crippen molar-refractivity contribution in [3.05, 3.63) is 53.1 Å². The van der Waals surface area contributed by atoms with Gasteiger partial charge in [-0.2, -0.15) is 0 Å². The summed E-state index contributed by atoms with van der Waals surface area (Å²) in [5.74, 6) is -1.13. The third-order valence-electron chi connectivity index (χ3n) is 5.41. The molecule has 2 atom stereocenters. The number of methoxy groups -OCH3 is 1. The lowest BCUT2D eigenvalue weighted by Gasteiger charge is -2.19. The molecule has 1 fully saturated rings. The zero-order valence-electron chi connectivity index (χ0n) is 18.5. The van der Waals surface area contributed by atoms with Gasteiger partial charge >= 0.3 is 5.97 Å². The highest BCUT2D eigenvalue weighted by Gasteiger charge is 2.37. The molecular weight excluding hydrogens is 396 g/mol. The Bertz CT molecular complexity index is 994. The number of nitrogens with one attached hydrogen (secondary N) is 1. The number of hydrogen-bond donors (Lipinski definition) is 1. The van der Waals surface area contributed by atoms with Gasteiger partial charge in [-0.25, -0.2) is 0 Å². The van der Waals surface area contributed by atoms with Crippen LogP contribution in [0, 0.1) is 26.7 Å². The number of esters is 1. The quantitative estimate of drug-likeness (QED) is 0.717. The highest BCUT2D eigenvalue weighted by molar-refractivity contribution is 6.00. The molecule has 3 rings (SSSR count). The molecule has 7 nitrogen and oxygen atoms in total. The van der Waals surface area contributed by atoms with E-state index in [0.717, 1.165) is 22.4 Å². The van der Waals surface area contributed by atoms with E-state index in [1.54, 1.807) is 31.4 Å². The molecule has 2 aromatic rings. The van der Waals surface area contributed by atoms with Crippen molar-refractivity contribution >= 4 is 29.2 Å². The first kappa shape index (κ1) is 22.3. The molecule has 1 N–H and O–H groups in total. The van der Waals surface area contributed by atoms with E-state index in [1.165, 1.54) is 11.8 Å². The van der Waals surface area contributed by atoms with Crippen molar-refractivity contribution in [2.24, 2.45) is 5.92 Å². The summed E-state index contributed by atoms with van der Waals surface area (Å²) >= 11 is 0. The van der Waals surface area contributed by atoms with E-state index in [2.05, 4.69) is 5.32 Å². The van der Waals surface area contributed by atoms with Crippen LogP contribution >= 0.6 is 0 Å². The number of aryl methyl sites for hydroxylation is 3. The molecule has 1 aliphatic heterocycles. The number of hydrogen-bond acceptors (Lipinski definition) is 5. The zero-order chi connectivity index (χ0) is 22.7. The minimum atomic E-state index is -0.978. The van der Waals surface area contributed by atoms with Crippen LogP contribution in [0.15, 0.2) is 36.4 Å². The lowest BCUT2D eigenvalue weighted by atomic mass is 10.0. The second-order valence-electron chi connectivity index (χ2n) is 7.95. The van der Waals surface area contributed by atoms with Crippen molar-refractivity contribution in [2.75, 3.05) is 23.9 Å². The van der Waals surface area contributed by atoms with Gasteiger partial charge in [0.25, 0.3) is 5.91 Å². The van der Waals surface area contributed by atoms with E-state index in [0.29, 0.717) is 11.4 Å². The fourth-order valence-electron chi connectivity index (χ4n) is 3.82. The number of nitrogens with zero attached hydrogens (tertiary/aromatic N) is 1. The van der Waals surface area contributed by atoms with Gasteiger partial charge in [-0.1, -0.05) is 23.8 Å². The molecule has 7 heteroatoms. The van der Waals surface area contributed by atoms with E-state index >= 15 is 0 Å². The van der Waals surface area contributed by atoms with Crippen molar-refractivity contribution in [2.45, 2.75) is 40.2 Å². The summed E-state index contributed by atoms with van der Waals surface area (Å²) in [6.45, 7) is 7.57. The van der Waals surface area contributed by atoms with Crippen molar-refractivity contribution in [1.82, 2.24) is 0 Å². The fraction of sp³-hybridized carbons (Fsp3) is 0.375. The number of ether oxygens (including phenoxy) is 2. The third kappa shape index (κ3) is 5.05. The van der Waals surface area contributed by atoms with Gasteiger partial charge in [0.05, 0.1) is 13.0 Å². The molecule has 1 aliphatic rings. The molecule has 0 bridgehead atoms. The van der Waals surface area contributed by atoms with E-state index in [4.69, 9.17) is 9.47 Å². The molecule has 0 spiro atoms. The van der Waals surface area contributed by atoms with Crippen LogP contribution in [-0.4, -0.2) is 37.5 Å². The molecule has 31 heavy (non-hydrogen) atoms. The maximum Gasteiger partial charge on any atom is 0.312 e. The standard InChI is InChI=1S/C24H28N2O5/c1-14-9-15(2)22(16(3)10-14)25-23(28)17(4)31-24(29)18-11-21(27)26(13-18)19-7-6-8-20(12-19)30-5/h6-10,12,17-18H,11,13H2,1-5H3,(H,25,28). The van der Waals surface area contributed by atoms with Gasteiger partial charge in [-0.15, -0.1) is 0 Å². The molecule has 1 saturated heterocycles. The minimum absolute atomic E-state index is 0.0422. The van der Waals surface area contributed by atoms with Gasteiger partial charge in [-0.05, 0) is 51.0 Å². The average Bonchev–Trinajstić information content (AvgIpc) is 3.12. The maximum atomic E-state index is 12.6. The normalized spacial score (nSPS) is 16.7. The summed E-state index contributed by atoms with van der Waals surface area (Å²) in [5.41, 5.74) is 4.38. The highest BCUT2D eigenvalue weighted by atomic mass is 16.5. The first-order valence-electron chi connectivity index (χ1n) is 10.2. The van der Waals surface area contributed by atoms with Crippen molar-refractivity contribution in [1.29, 1.82) is 0 Å². The Morgan fingerprint density at radius 1 is 1.13 bits per heavy atom. The number of carbonyl (C=O) groups excluding carboxylic acids is 3. The Hall–Kier alpha value is -3.35. The lowest BCUT2D eigenvalue weighted by molar-refractivity contribution is -0.157. The smallest absolute Gasteiger partial charge is 0.312 e. The minimum Gasteiger partial charge on any atom is -0.497 e. The molecule has 2 aromatic carbocycles. The molecule has 1 heterocycles. The van der Waals surface area contributed by atoms with Crippen LogP contribution in [0.3, 0.4) is 0 Å². The highest BCUT2D eigenvalue weighted by Crippen LogP contribution is 2.29. The van der Waals surface area contributed by atoms with E-state index in [9.17, 15) is 14.4 Å². The van der Waals surface area contributed by atoms with Gasteiger partial charge in [0, 0.05) is 30.4 Å².